The first-order valence-electron chi connectivity index (χ1n) is 5.76. The molecule has 0 bridgehead atoms. The number of halogens is 3. The standard InChI is InChI=1S/C13H12BrClFN3/c1-3-17-13-11(16)7(2)18-12(19-13)8-4-5-9(14)10(15)6-8/h4-6H,3H2,1-2H3,(H,17,18,19). The summed E-state index contributed by atoms with van der Waals surface area (Å²) in [5.41, 5.74) is 1.05. The van der Waals surface area contributed by atoms with Crippen LogP contribution in [0.25, 0.3) is 11.4 Å². The lowest BCUT2D eigenvalue weighted by molar-refractivity contribution is 0.606. The number of aryl methyl sites for hydroxylation is 1. The first-order chi connectivity index (χ1) is 9.02. The molecule has 0 amide bonds. The van der Waals surface area contributed by atoms with Gasteiger partial charge in [-0.15, -0.1) is 0 Å². The van der Waals surface area contributed by atoms with Crippen LogP contribution in [0.5, 0.6) is 0 Å². The molecule has 1 heterocycles. The summed E-state index contributed by atoms with van der Waals surface area (Å²) in [6, 6.07) is 5.39. The van der Waals surface area contributed by atoms with Gasteiger partial charge < -0.3 is 5.32 Å². The summed E-state index contributed by atoms with van der Waals surface area (Å²) < 4.78 is 14.6. The summed E-state index contributed by atoms with van der Waals surface area (Å²) in [7, 11) is 0. The van der Waals surface area contributed by atoms with Crippen LogP contribution in [0.3, 0.4) is 0 Å². The molecule has 0 spiro atoms. The summed E-state index contributed by atoms with van der Waals surface area (Å²) in [6.07, 6.45) is 0. The van der Waals surface area contributed by atoms with Gasteiger partial charge in [-0.05, 0) is 48.0 Å². The molecule has 1 aromatic heterocycles. The van der Waals surface area contributed by atoms with E-state index in [1.54, 1.807) is 13.0 Å². The Labute approximate surface area is 124 Å². The Morgan fingerprint density at radius 1 is 1.37 bits per heavy atom. The number of nitrogens with one attached hydrogen (secondary N) is 1. The maximum absolute atomic E-state index is 13.8. The number of nitrogens with zero attached hydrogens (tertiary/aromatic N) is 2. The highest BCUT2D eigenvalue weighted by Crippen LogP contribution is 2.28. The highest BCUT2D eigenvalue weighted by molar-refractivity contribution is 9.10. The minimum absolute atomic E-state index is 0.212. The molecule has 0 aliphatic rings. The van der Waals surface area contributed by atoms with Crippen LogP contribution in [0.4, 0.5) is 10.2 Å². The lowest BCUT2D eigenvalue weighted by atomic mass is 10.2. The molecule has 100 valence electrons. The molecule has 0 aliphatic heterocycles. The Bertz CT molecular complexity index is 619. The normalized spacial score (nSPS) is 10.6. The molecule has 0 fully saturated rings. The molecular weight excluding hydrogens is 333 g/mol. The van der Waals surface area contributed by atoms with E-state index >= 15 is 0 Å². The number of hydrogen-bond donors (Lipinski definition) is 1. The molecule has 0 unspecified atom stereocenters. The van der Waals surface area contributed by atoms with Crippen molar-refractivity contribution < 1.29 is 4.39 Å². The molecular formula is C13H12BrClFN3. The van der Waals surface area contributed by atoms with Gasteiger partial charge in [0.25, 0.3) is 0 Å². The maximum atomic E-state index is 13.8. The highest BCUT2D eigenvalue weighted by Gasteiger charge is 2.12. The second-order valence-electron chi connectivity index (χ2n) is 3.95. The van der Waals surface area contributed by atoms with Crippen molar-refractivity contribution in [2.24, 2.45) is 0 Å². The zero-order valence-electron chi connectivity index (χ0n) is 10.5. The van der Waals surface area contributed by atoms with Gasteiger partial charge in [-0.3, -0.25) is 0 Å². The number of rotatable bonds is 3. The summed E-state index contributed by atoms with van der Waals surface area (Å²) in [5.74, 6) is 0.238. The van der Waals surface area contributed by atoms with Gasteiger partial charge in [-0.2, -0.15) is 0 Å². The van der Waals surface area contributed by atoms with Gasteiger partial charge >= 0.3 is 0 Å². The van der Waals surface area contributed by atoms with Crippen molar-refractivity contribution in [2.75, 3.05) is 11.9 Å². The predicted octanol–water partition coefficient (Wildman–Crippen LogP) is 4.44. The van der Waals surface area contributed by atoms with Gasteiger partial charge in [-0.1, -0.05) is 11.6 Å². The summed E-state index contributed by atoms with van der Waals surface area (Å²) >= 11 is 9.37. The quantitative estimate of drug-likeness (QED) is 0.894. The van der Waals surface area contributed by atoms with Gasteiger partial charge in [0, 0.05) is 16.6 Å². The van der Waals surface area contributed by atoms with Crippen molar-refractivity contribution in [1.82, 2.24) is 9.97 Å². The molecule has 2 rings (SSSR count). The molecule has 3 nitrogen and oxygen atoms in total. The third-order valence-corrected chi connectivity index (χ3v) is 3.77. The topological polar surface area (TPSA) is 37.8 Å². The van der Waals surface area contributed by atoms with Crippen LogP contribution < -0.4 is 5.32 Å². The molecule has 1 aromatic carbocycles. The van der Waals surface area contributed by atoms with Gasteiger partial charge in [0.05, 0.1) is 10.7 Å². The third kappa shape index (κ3) is 3.04. The van der Waals surface area contributed by atoms with Crippen LogP contribution >= 0.6 is 27.5 Å². The summed E-state index contributed by atoms with van der Waals surface area (Å²) in [5, 5.41) is 3.45. The number of anilines is 1. The largest absolute Gasteiger partial charge is 0.368 e. The van der Waals surface area contributed by atoms with Crippen LogP contribution in [-0.2, 0) is 0 Å². The van der Waals surface area contributed by atoms with E-state index in [1.165, 1.54) is 0 Å². The van der Waals surface area contributed by atoms with Crippen LogP contribution in [0, 0.1) is 12.7 Å². The molecule has 6 heteroatoms. The fourth-order valence-corrected chi connectivity index (χ4v) is 2.04. The molecule has 2 aromatic rings. The Kier molecular flexibility index (Phi) is 4.37. The number of benzene rings is 1. The lowest BCUT2D eigenvalue weighted by Crippen LogP contribution is -2.06. The molecule has 0 radical (unpaired) electrons. The molecule has 0 atom stereocenters. The van der Waals surface area contributed by atoms with Gasteiger partial charge in [0.15, 0.2) is 17.5 Å². The van der Waals surface area contributed by atoms with Gasteiger partial charge in [-0.25, -0.2) is 14.4 Å². The van der Waals surface area contributed by atoms with Crippen molar-refractivity contribution in [3.8, 4) is 11.4 Å². The van der Waals surface area contributed by atoms with Crippen molar-refractivity contribution in [3.63, 3.8) is 0 Å². The lowest BCUT2D eigenvalue weighted by Gasteiger charge is -2.09. The monoisotopic (exact) mass is 343 g/mol. The van der Waals surface area contributed by atoms with Crippen LogP contribution in [0.15, 0.2) is 22.7 Å². The Morgan fingerprint density at radius 2 is 2.11 bits per heavy atom. The van der Waals surface area contributed by atoms with Crippen molar-refractivity contribution in [2.45, 2.75) is 13.8 Å². The predicted molar refractivity (Wildman–Crippen MR) is 79.0 cm³/mol. The molecule has 19 heavy (non-hydrogen) atoms. The van der Waals surface area contributed by atoms with Crippen molar-refractivity contribution in [3.05, 3.63) is 39.2 Å². The second kappa shape index (κ2) is 5.84. The molecule has 0 saturated heterocycles. The first kappa shape index (κ1) is 14.2. The van der Waals surface area contributed by atoms with Crippen LogP contribution in [0.1, 0.15) is 12.6 Å². The summed E-state index contributed by atoms with van der Waals surface area (Å²) in [6.45, 7) is 4.09. The van der Waals surface area contributed by atoms with E-state index in [4.69, 9.17) is 11.6 Å². The minimum Gasteiger partial charge on any atom is -0.368 e. The van der Waals surface area contributed by atoms with Crippen LogP contribution in [-0.4, -0.2) is 16.5 Å². The van der Waals surface area contributed by atoms with Gasteiger partial charge in [0.2, 0.25) is 0 Å². The fraction of sp³-hybridized carbons (Fsp3) is 0.231. The highest BCUT2D eigenvalue weighted by atomic mass is 79.9. The average molecular weight is 345 g/mol. The SMILES string of the molecule is CCNc1nc(-c2ccc(Br)c(Cl)c2)nc(C)c1F. The molecule has 0 aliphatic carbocycles. The zero-order valence-corrected chi connectivity index (χ0v) is 12.8. The fourth-order valence-electron chi connectivity index (χ4n) is 1.61. The minimum atomic E-state index is -0.422. The Morgan fingerprint density at radius 3 is 2.74 bits per heavy atom. The van der Waals surface area contributed by atoms with E-state index in [0.29, 0.717) is 23.1 Å². The second-order valence-corrected chi connectivity index (χ2v) is 5.22. The summed E-state index contributed by atoms with van der Waals surface area (Å²) in [4.78, 5) is 8.35. The number of hydrogen-bond acceptors (Lipinski definition) is 3. The van der Waals surface area contributed by atoms with E-state index in [2.05, 4.69) is 31.2 Å². The molecule has 0 saturated carbocycles. The van der Waals surface area contributed by atoms with E-state index in [1.807, 2.05) is 19.1 Å². The molecule has 1 N–H and O–H groups in total. The van der Waals surface area contributed by atoms with Gasteiger partial charge in [0.1, 0.15) is 0 Å². The van der Waals surface area contributed by atoms with E-state index in [-0.39, 0.29) is 5.82 Å². The third-order valence-electron chi connectivity index (χ3n) is 2.54. The number of aromatic nitrogens is 2. The van der Waals surface area contributed by atoms with E-state index < -0.39 is 5.82 Å². The van der Waals surface area contributed by atoms with Crippen molar-refractivity contribution >= 4 is 33.3 Å². The zero-order chi connectivity index (χ0) is 14.0. The van der Waals surface area contributed by atoms with E-state index in [0.717, 1.165) is 10.0 Å². The van der Waals surface area contributed by atoms with Crippen molar-refractivity contribution in [1.29, 1.82) is 0 Å². The average Bonchev–Trinajstić information content (AvgIpc) is 2.38. The van der Waals surface area contributed by atoms with E-state index in [9.17, 15) is 4.39 Å². The Hall–Kier alpha value is -1.20. The van der Waals surface area contributed by atoms with Crippen LogP contribution in [0.2, 0.25) is 5.02 Å². The Balaban J connectivity index is 2.52. The first-order valence-corrected chi connectivity index (χ1v) is 6.93. The maximum Gasteiger partial charge on any atom is 0.186 e. The smallest absolute Gasteiger partial charge is 0.186 e.